The number of aromatic nitrogens is 2. The Labute approximate surface area is 61.6 Å². The Hall–Kier alpha value is -0.801. The predicted molar refractivity (Wildman–Crippen MR) is 25.7 cm³/mol. The van der Waals surface area contributed by atoms with Crippen molar-refractivity contribution >= 4 is 0 Å². The molecule has 1 radical (unpaired) electrons. The van der Waals surface area contributed by atoms with Crippen LogP contribution in [-0.4, -0.2) is 14.9 Å². The molecule has 1 N–H and O–H groups in total. The third-order valence-corrected chi connectivity index (χ3v) is 0.705. The number of hydrogen-bond acceptors (Lipinski definition) is 3. The number of nitrogens with zero attached hydrogens (tertiary/aromatic N) is 2. The molecule has 0 unspecified atom stereocenters. The van der Waals surface area contributed by atoms with E-state index in [2.05, 4.69) is 4.98 Å². The first-order valence-corrected chi connectivity index (χ1v) is 2.02. The third kappa shape index (κ3) is 1.87. The van der Waals surface area contributed by atoms with Gasteiger partial charge in [-0.1, -0.05) is 0 Å². The zero-order valence-corrected chi connectivity index (χ0v) is 5.44. The Morgan fingerprint density at radius 3 is 2.67 bits per heavy atom. The van der Waals surface area contributed by atoms with E-state index in [0.717, 1.165) is 6.20 Å². The Morgan fingerprint density at radius 1 is 1.67 bits per heavy atom. The molecular formula is C4H4FeN2O2+3. The van der Waals surface area contributed by atoms with E-state index < -0.39 is 5.56 Å². The molecule has 0 bridgehead atoms. The summed E-state index contributed by atoms with van der Waals surface area (Å²) in [5, 5.41) is 8.48. The van der Waals surface area contributed by atoms with Gasteiger partial charge in [0.1, 0.15) is 0 Å². The average molecular weight is 168 g/mol. The van der Waals surface area contributed by atoms with Gasteiger partial charge in [-0.2, -0.15) is 4.73 Å². The molecule has 0 amide bonds. The van der Waals surface area contributed by atoms with Crippen molar-refractivity contribution in [1.29, 1.82) is 0 Å². The second kappa shape index (κ2) is 3.27. The first kappa shape index (κ1) is 8.20. The second-order valence-corrected chi connectivity index (χ2v) is 1.26. The summed E-state index contributed by atoms with van der Waals surface area (Å²) in [4.78, 5) is 13.7. The summed E-state index contributed by atoms with van der Waals surface area (Å²) in [5.74, 6) is 0. The van der Waals surface area contributed by atoms with Gasteiger partial charge in [-0.3, -0.25) is 9.78 Å². The molecule has 0 aliphatic carbocycles. The van der Waals surface area contributed by atoms with E-state index in [4.69, 9.17) is 5.21 Å². The van der Waals surface area contributed by atoms with E-state index in [1.165, 1.54) is 12.4 Å². The smallest absolute Gasteiger partial charge is 0.425 e. The van der Waals surface area contributed by atoms with Gasteiger partial charge in [0.15, 0.2) is 0 Å². The van der Waals surface area contributed by atoms with E-state index in [-0.39, 0.29) is 17.1 Å². The summed E-state index contributed by atoms with van der Waals surface area (Å²) in [7, 11) is 0. The zero-order valence-electron chi connectivity index (χ0n) is 4.34. The minimum absolute atomic E-state index is 0. The van der Waals surface area contributed by atoms with Gasteiger partial charge in [0, 0.05) is 6.20 Å². The van der Waals surface area contributed by atoms with Gasteiger partial charge >= 0.3 is 22.6 Å². The van der Waals surface area contributed by atoms with Crippen LogP contribution in [0.4, 0.5) is 0 Å². The fourth-order valence-corrected chi connectivity index (χ4v) is 0.341. The largest absolute Gasteiger partial charge is 3.00 e. The molecule has 0 spiro atoms. The van der Waals surface area contributed by atoms with Crippen LogP contribution in [0, 0.1) is 0 Å². The molecule has 0 aromatic carbocycles. The van der Waals surface area contributed by atoms with E-state index in [1.54, 1.807) is 0 Å². The van der Waals surface area contributed by atoms with Crippen LogP contribution in [0.15, 0.2) is 23.4 Å². The first-order chi connectivity index (χ1) is 3.80. The van der Waals surface area contributed by atoms with Gasteiger partial charge in [0.25, 0.3) is 0 Å². The van der Waals surface area contributed by atoms with Crippen molar-refractivity contribution in [2.45, 2.75) is 0 Å². The maximum atomic E-state index is 10.3. The predicted octanol–water partition coefficient (Wildman–Crippen LogP) is -0.522. The normalized spacial score (nSPS) is 8.00. The summed E-state index contributed by atoms with van der Waals surface area (Å²) in [6.07, 6.45) is 3.52. The summed E-state index contributed by atoms with van der Waals surface area (Å²) in [6.45, 7) is 0. The van der Waals surface area contributed by atoms with E-state index in [1.807, 2.05) is 0 Å². The molecule has 47 valence electrons. The van der Waals surface area contributed by atoms with E-state index in [0.29, 0.717) is 4.73 Å². The van der Waals surface area contributed by atoms with Gasteiger partial charge in [-0.25, -0.2) is 0 Å². The van der Waals surface area contributed by atoms with Crippen molar-refractivity contribution in [2.75, 3.05) is 0 Å². The minimum atomic E-state index is -0.521. The molecule has 4 nitrogen and oxygen atoms in total. The Morgan fingerprint density at radius 2 is 2.33 bits per heavy atom. The molecule has 5 heteroatoms. The van der Waals surface area contributed by atoms with Gasteiger partial charge in [-0.15, -0.1) is 0 Å². The Kier molecular flexibility index (Phi) is 2.98. The molecule has 0 atom stereocenters. The molecule has 9 heavy (non-hydrogen) atoms. The van der Waals surface area contributed by atoms with Gasteiger partial charge in [0.05, 0.1) is 12.4 Å². The summed E-state index contributed by atoms with van der Waals surface area (Å²) in [5.41, 5.74) is -0.521. The van der Waals surface area contributed by atoms with Crippen molar-refractivity contribution in [1.82, 2.24) is 9.71 Å². The topological polar surface area (TPSA) is 55.1 Å². The Bertz CT molecular complexity index is 234. The van der Waals surface area contributed by atoms with Crippen molar-refractivity contribution in [3.8, 4) is 0 Å². The molecule has 0 saturated carbocycles. The van der Waals surface area contributed by atoms with Crippen LogP contribution in [0.3, 0.4) is 0 Å². The zero-order chi connectivity index (χ0) is 5.98. The molecule has 0 aliphatic rings. The molecule has 0 aliphatic heterocycles. The Balaban J connectivity index is 0.000000640. The fourth-order valence-electron chi connectivity index (χ4n) is 0.341. The van der Waals surface area contributed by atoms with Crippen LogP contribution in [-0.2, 0) is 17.1 Å². The van der Waals surface area contributed by atoms with E-state index in [9.17, 15) is 4.79 Å². The van der Waals surface area contributed by atoms with Gasteiger partial charge in [0.2, 0.25) is 0 Å². The maximum absolute atomic E-state index is 10.3. The molecule has 1 aromatic rings. The van der Waals surface area contributed by atoms with Crippen molar-refractivity contribution in [3.05, 3.63) is 28.9 Å². The quantitative estimate of drug-likeness (QED) is 0.418. The van der Waals surface area contributed by atoms with Crippen molar-refractivity contribution in [2.24, 2.45) is 0 Å². The second-order valence-electron chi connectivity index (χ2n) is 1.26. The molecule has 1 aromatic heterocycles. The monoisotopic (exact) mass is 168 g/mol. The van der Waals surface area contributed by atoms with Gasteiger partial charge < -0.3 is 5.21 Å². The SMILES string of the molecule is O=c1cnccn1O.[Fe+3]. The minimum Gasteiger partial charge on any atom is -0.425 e. The van der Waals surface area contributed by atoms with Crippen molar-refractivity contribution in [3.63, 3.8) is 0 Å². The van der Waals surface area contributed by atoms with Crippen LogP contribution in [0.5, 0.6) is 0 Å². The average Bonchev–Trinajstić information content (AvgIpc) is 1.77. The molecule has 0 saturated heterocycles. The van der Waals surface area contributed by atoms with Crippen molar-refractivity contribution < 1.29 is 22.3 Å². The molecule has 0 fully saturated rings. The van der Waals surface area contributed by atoms with Crippen LogP contribution < -0.4 is 5.56 Å². The standard InChI is InChI=1S/C4H4N2O2.Fe/c7-4-3-5-1-2-6(4)8;/h1-3,8H;/q;+3. The summed E-state index contributed by atoms with van der Waals surface area (Å²) < 4.78 is 0.465. The van der Waals surface area contributed by atoms with Crippen LogP contribution in [0.2, 0.25) is 0 Å². The summed E-state index contributed by atoms with van der Waals surface area (Å²) >= 11 is 0. The van der Waals surface area contributed by atoms with Crippen LogP contribution in [0.1, 0.15) is 0 Å². The molecule has 1 rings (SSSR count). The van der Waals surface area contributed by atoms with Crippen LogP contribution >= 0.6 is 0 Å². The fraction of sp³-hybridized carbons (Fsp3) is 0. The number of hydrogen-bond donors (Lipinski definition) is 1. The molecule has 1 heterocycles. The van der Waals surface area contributed by atoms with Gasteiger partial charge in [-0.05, 0) is 0 Å². The maximum Gasteiger partial charge on any atom is 3.00 e. The summed E-state index contributed by atoms with van der Waals surface area (Å²) in [6, 6.07) is 0. The first-order valence-electron chi connectivity index (χ1n) is 2.02. The van der Waals surface area contributed by atoms with Crippen LogP contribution in [0.25, 0.3) is 0 Å². The molecular weight excluding hydrogens is 164 g/mol. The third-order valence-electron chi connectivity index (χ3n) is 0.705. The van der Waals surface area contributed by atoms with E-state index >= 15 is 0 Å². The number of rotatable bonds is 0.